The highest BCUT2D eigenvalue weighted by Crippen LogP contribution is 2.31. The molecule has 0 aliphatic heterocycles. The van der Waals surface area contributed by atoms with Gasteiger partial charge in [0.15, 0.2) is 0 Å². The van der Waals surface area contributed by atoms with E-state index in [1.54, 1.807) is 12.1 Å². The first-order valence-electron chi connectivity index (χ1n) is 9.10. The number of pyridine rings is 1. The van der Waals surface area contributed by atoms with Gasteiger partial charge in [0.05, 0.1) is 12.3 Å². The summed E-state index contributed by atoms with van der Waals surface area (Å²) in [6, 6.07) is 24.9. The summed E-state index contributed by atoms with van der Waals surface area (Å²) in [6.07, 6.45) is 0. The molecule has 0 amide bonds. The van der Waals surface area contributed by atoms with Gasteiger partial charge in [-0.05, 0) is 36.2 Å². The van der Waals surface area contributed by atoms with Gasteiger partial charge in [0.2, 0.25) is 5.43 Å². The molecule has 0 fully saturated rings. The maximum atomic E-state index is 12.7. The predicted octanol–water partition coefficient (Wildman–Crippen LogP) is 5.13. The third-order valence-electron chi connectivity index (χ3n) is 4.69. The van der Waals surface area contributed by atoms with Gasteiger partial charge in [0, 0.05) is 16.5 Å². The second kappa shape index (κ2) is 7.42. The van der Waals surface area contributed by atoms with Crippen LogP contribution in [0, 0.1) is 11.3 Å². The minimum absolute atomic E-state index is 0.126. The minimum atomic E-state index is -0.252. The van der Waals surface area contributed by atoms with Crippen molar-refractivity contribution in [2.45, 2.75) is 6.92 Å². The third-order valence-corrected chi connectivity index (χ3v) is 4.69. The first-order chi connectivity index (χ1) is 13.7. The summed E-state index contributed by atoms with van der Waals surface area (Å²) >= 11 is 0. The van der Waals surface area contributed by atoms with E-state index < -0.39 is 0 Å². The molecule has 4 heteroatoms. The molecule has 0 atom stereocenters. The molecule has 28 heavy (non-hydrogen) atoms. The maximum Gasteiger partial charge on any atom is 0.207 e. The van der Waals surface area contributed by atoms with Crippen molar-refractivity contribution in [1.29, 1.82) is 5.26 Å². The van der Waals surface area contributed by atoms with E-state index in [-0.39, 0.29) is 11.0 Å². The fourth-order valence-electron chi connectivity index (χ4n) is 3.36. The number of rotatable bonds is 4. The second-order valence-corrected chi connectivity index (χ2v) is 6.37. The summed E-state index contributed by atoms with van der Waals surface area (Å²) in [5.74, 6) is 0.828. The number of nitriles is 1. The van der Waals surface area contributed by atoms with Gasteiger partial charge in [-0.3, -0.25) is 4.79 Å². The molecule has 4 nitrogen and oxygen atoms in total. The maximum absolute atomic E-state index is 12.7. The first-order valence-corrected chi connectivity index (χ1v) is 9.10. The second-order valence-electron chi connectivity index (χ2n) is 6.37. The van der Waals surface area contributed by atoms with E-state index in [9.17, 15) is 10.1 Å². The quantitative estimate of drug-likeness (QED) is 0.544. The zero-order chi connectivity index (χ0) is 19.5. The Balaban J connectivity index is 1.83. The lowest BCUT2D eigenvalue weighted by atomic mass is 9.99. The van der Waals surface area contributed by atoms with E-state index in [4.69, 9.17) is 4.74 Å². The number of para-hydroxylation sites is 2. The third kappa shape index (κ3) is 3.04. The molecule has 1 heterocycles. The van der Waals surface area contributed by atoms with Crippen molar-refractivity contribution >= 4 is 10.9 Å². The SMILES string of the molecule is CCOc1ccccc1-c1ccc(-c2[nH]c3ccccc3c(=O)c2C#N)cc1. The van der Waals surface area contributed by atoms with Gasteiger partial charge in [-0.25, -0.2) is 0 Å². The van der Waals surface area contributed by atoms with E-state index >= 15 is 0 Å². The number of nitrogens with one attached hydrogen (secondary N) is 1. The lowest BCUT2D eigenvalue weighted by Crippen LogP contribution is -2.10. The van der Waals surface area contributed by atoms with E-state index in [0.29, 0.717) is 23.2 Å². The molecule has 0 saturated carbocycles. The van der Waals surface area contributed by atoms with Crippen LogP contribution in [0.25, 0.3) is 33.3 Å². The summed E-state index contributed by atoms with van der Waals surface area (Å²) in [5, 5.41) is 10.1. The molecule has 1 N–H and O–H groups in total. The van der Waals surface area contributed by atoms with Crippen molar-refractivity contribution in [2.75, 3.05) is 6.61 Å². The monoisotopic (exact) mass is 366 g/mol. The summed E-state index contributed by atoms with van der Waals surface area (Å²) in [7, 11) is 0. The van der Waals surface area contributed by atoms with Gasteiger partial charge < -0.3 is 9.72 Å². The van der Waals surface area contributed by atoms with Crippen LogP contribution < -0.4 is 10.2 Å². The lowest BCUT2D eigenvalue weighted by Gasteiger charge is -2.11. The number of benzene rings is 3. The average molecular weight is 366 g/mol. The molecule has 4 rings (SSSR count). The van der Waals surface area contributed by atoms with Crippen LogP contribution in [0.1, 0.15) is 12.5 Å². The number of hydrogen-bond acceptors (Lipinski definition) is 3. The lowest BCUT2D eigenvalue weighted by molar-refractivity contribution is 0.341. The Hall–Kier alpha value is -3.84. The zero-order valence-electron chi connectivity index (χ0n) is 15.4. The first kappa shape index (κ1) is 17.6. The Labute approximate surface area is 162 Å². The molecule has 3 aromatic carbocycles. The Bertz CT molecular complexity index is 1250. The van der Waals surface area contributed by atoms with Crippen LogP contribution >= 0.6 is 0 Å². The fourth-order valence-corrected chi connectivity index (χ4v) is 3.36. The van der Waals surface area contributed by atoms with Crippen molar-refractivity contribution in [1.82, 2.24) is 4.98 Å². The number of H-pyrrole nitrogens is 1. The predicted molar refractivity (Wildman–Crippen MR) is 111 cm³/mol. The van der Waals surface area contributed by atoms with Gasteiger partial charge in [-0.2, -0.15) is 5.26 Å². The Kier molecular flexibility index (Phi) is 4.65. The number of aromatic nitrogens is 1. The molecule has 136 valence electrons. The fraction of sp³-hybridized carbons (Fsp3) is 0.0833. The van der Waals surface area contributed by atoms with Gasteiger partial charge in [0.25, 0.3) is 0 Å². The summed E-state index contributed by atoms with van der Waals surface area (Å²) in [5.41, 5.74) is 3.93. The van der Waals surface area contributed by atoms with Crippen LogP contribution in [0.5, 0.6) is 5.75 Å². The molecule has 4 aromatic rings. The number of aromatic amines is 1. The smallest absolute Gasteiger partial charge is 0.207 e. The summed E-state index contributed by atoms with van der Waals surface area (Å²) < 4.78 is 5.72. The van der Waals surface area contributed by atoms with E-state index in [1.165, 1.54) is 0 Å². The largest absolute Gasteiger partial charge is 0.493 e. The van der Waals surface area contributed by atoms with E-state index in [1.807, 2.05) is 67.6 Å². The number of hydrogen-bond donors (Lipinski definition) is 1. The Morgan fingerprint density at radius 1 is 0.929 bits per heavy atom. The molecule has 0 unspecified atom stereocenters. The standard InChI is InChI=1S/C24H18N2O2/c1-2-28-22-10-6-4-7-18(22)16-11-13-17(14-12-16)23-20(15-25)24(27)19-8-3-5-9-21(19)26-23/h3-14H,2H2,1H3,(H,26,27). The Morgan fingerprint density at radius 3 is 2.36 bits per heavy atom. The van der Waals surface area contributed by atoms with Crippen molar-refractivity contribution in [3.05, 3.63) is 88.6 Å². The van der Waals surface area contributed by atoms with Crippen molar-refractivity contribution in [3.63, 3.8) is 0 Å². The van der Waals surface area contributed by atoms with Crippen molar-refractivity contribution < 1.29 is 4.74 Å². The molecular weight excluding hydrogens is 348 g/mol. The Morgan fingerprint density at radius 2 is 1.61 bits per heavy atom. The van der Waals surface area contributed by atoms with Crippen LogP contribution in [0.3, 0.4) is 0 Å². The highest BCUT2D eigenvalue weighted by molar-refractivity contribution is 5.85. The molecule has 0 aliphatic carbocycles. The van der Waals surface area contributed by atoms with Crippen LogP contribution in [-0.2, 0) is 0 Å². The minimum Gasteiger partial charge on any atom is -0.493 e. The van der Waals surface area contributed by atoms with Crippen LogP contribution in [0.2, 0.25) is 0 Å². The molecule has 0 radical (unpaired) electrons. The van der Waals surface area contributed by atoms with Crippen molar-refractivity contribution in [3.8, 4) is 34.2 Å². The summed E-state index contributed by atoms with van der Waals surface area (Å²) in [4.78, 5) is 15.9. The normalized spacial score (nSPS) is 10.6. The molecule has 0 bridgehead atoms. The van der Waals surface area contributed by atoms with Crippen molar-refractivity contribution in [2.24, 2.45) is 0 Å². The molecule has 1 aromatic heterocycles. The molecule has 0 aliphatic rings. The highest BCUT2D eigenvalue weighted by atomic mass is 16.5. The van der Waals surface area contributed by atoms with Gasteiger partial charge >= 0.3 is 0 Å². The number of fused-ring (bicyclic) bond motifs is 1. The van der Waals surface area contributed by atoms with E-state index in [0.717, 1.165) is 22.4 Å². The van der Waals surface area contributed by atoms with Crippen LogP contribution in [-0.4, -0.2) is 11.6 Å². The zero-order valence-corrected chi connectivity index (χ0v) is 15.4. The summed E-state index contributed by atoms with van der Waals surface area (Å²) in [6.45, 7) is 2.55. The highest BCUT2D eigenvalue weighted by Gasteiger charge is 2.14. The number of ether oxygens (including phenoxy) is 1. The average Bonchev–Trinajstić information content (AvgIpc) is 2.74. The molecular formula is C24H18N2O2. The van der Waals surface area contributed by atoms with Gasteiger partial charge in [-0.15, -0.1) is 0 Å². The van der Waals surface area contributed by atoms with Crippen LogP contribution in [0.15, 0.2) is 77.6 Å². The van der Waals surface area contributed by atoms with Gasteiger partial charge in [-0.1, -0.05) is 54.6 Å². The number of nitrogens with zero attached hydrogens (tertiary/aromatic N) is 1. The van der Waals surface area contributed by atoms with Crippen LogP contribution in [0.4, 0.5) is 0 Å². The molecule has 0 saturated heterocycles. The molecule has 0 spiro atoms. The van der Waals surface area contributed by atoms with Gasteiger partial charge in [0.1, 0.15) is 17.4 Å². The topological polar surface area (TPSA) is 65.9 Å². The van der Waals surface area contributed by atoms with E-state index in [2.05, 4.69) is 11.1 Å².